The Labute approximate surface area is 136 Å². The number of benzene rings is 1. The van der Waals surface area contributed by atoms with Crippen LogP contribution in [0.3, 0.4) is 0 Å². The summed E-state index contributed by atoms with van der Waals surface area (Å²) in [5.74, 6) is -0.986. The van der Waals surface area contributed by atoms with Crippen molar-refractivity contribution in [2.75, 3.05) is 5.32 Å². The van der Waals surface area contributed by atoms with E-state index in [0.29, 0.717) is 10.2 Å². The van der Waals surface area contributed by atoms with Crippen LogP contribution in [-0.2, 0) is 9.53 Å². The van der Waals surface area contributed by atoms with Crippen molar-refractivity contribution < 1.29 is 14.3 Å². The van der Waals surface area contributed by atoms with Crippen LogP contribution in [0, 0.1) is 6.92 Å². The number of esters is 1. The molecular weight excluding hydrogens is 348 g/mol. The first-order chi connectivity index (χ1) is 10.5. The number of amides is 1. The molecule has 1 atom stereocenters. The van der Waals surface area contributed by atoms with Crippen LogP contribution in [0.4, 0.5) is 5.69 Å². The number of carbonyl (C=O) groups is 2. The summed E-state index contributed by atoms with van der Waals surface area (Å²) < 4.78 is 5.80. The number of aryl methyl sites for hydroxylation is 1. The lowest BCUT2D eigenvalue weighted by Crippen LogP contribution is -2.30. The van der Waals surface area contributed by atoms with Gasteiger partial charge in [-0.05, 0) is 48.0 Å². The maximum atomic E-state index is 12.0. The zero-order chi connectivity index (χ0) is 16.1. The third-order valence-corrected chi connectivity index (χ3v) is 3.35. The SMILES string of the molecule is Cc1ccc(NC(=O)C(C)OC(=O)c2cncc(Br)c2)cc1. The summed E-state index contributed by atoms with van der Waals surface area (Å²) in [6, 6.07) is 8.94. The standard InChI is InChI=1S/C16H15BrN2O3/c1-10-3-5-14(6-4-10)19-15(20)11(2)22-16(21)12-7-13(17)9-18-8-12/h3-9,11H,1-2H3,(H,19,20). The molecule has 1 amide bonds. The highest BCUT2D eigenvalue weighted by atomic mass is 79.9. The van der Waals surface area contributed by atoms with Gasteiger partial charge in [0.15, 0.2) is 6.10 Å². The average Bonchev–Trinajstić information content (AvgIpc) is 2.49. The van der Waals surface area contributed by atoms with Gasteiger partial charge < -0.3 is 10.1 Å². The molecule has 22 heavy (non-hydrogen) atoms. The number of hydrogen-bond acceptors (Lipinski definition) is 4. The number of aromatic nitrogens is 1. The molecule has 1 aromatic heterocycles. The van der Waals surface area contributed by atoms with Gasteiger partial charge >= 0.3 is 5.97 Å². The largest absolute Gasteiger partial charge is 0.449 e. The van der Waals surface area contributed by atoms with E-state index in [0.717, 1.165) is 5.56 Å². The molecule has 1 aromatic carbocycles. The van der Waals surface area contributed by atoms with Crippen LogP contribution in [0.2, 0.25) is 0 Å². The first-order valence-corrected chi connectivity index (χ1v) is 7.44. The molecule has 0 saturated heterocycles. The lowest BCUT2D eigenvalue weighted by atomic mass is 10.2. The fourth-order valence-corrected chi connectivity index (χ4v) is 2.05. The van der Waals surface area contributed by atoms with E-state index < -0.39 is 12.1 Å². The monoisotopic (exact) mass is 362 g/mol. The van der Waals surface area contributed by atoms with Gasteiger partial charge in [0, 0.05) is 22.6 Å². The van der Waals surface area contributed by atoms with Gasteiger partial charge in [-0.2, -0.15) is 0 Å². The van der Waals surface area contributed by atoms with E-state index in [2.05, 4.69) is 26.2 Å². The minimum absolute atomic E-state index is 0.282. The van der Waals surface area contributed by atoms with Crippen molar-refractivity contribution in [3.05, 3.63) is 58.3 Å². The van der Waals surface area contributed by atoms with Crippen molar-refractivity contribution in [2.45, 2.75) is 20.0 Å². The fraction of sp³-hybridized carbons (Fsp3) is 0.188. The number of anilines is 1. The number of nitrogens with zero attached hydrogens (tertiary/aromatic N) is 1. The second kappa shape index (κ2) is 7.17. The van der Waals surface area contributed by atoms with Crippen molar-refractivity contribution >= 4 is 33.5 Å². The Kier molecular flexibility index (Phi) is 5.27. The van der Waals surface area contributed by atoms with Crippen LogP contribution in [0.15, 0.2) is 47.2 Å². The second-order valence-corrected chi connectivity index (χ2v) is 5.71. The first kappa shape index (κ1) is 16.2. The lowest BCUT2D eigenvalue weighted by Gasteiger charge is -2.13. The van der Waals surface area contributed by atoms with E-state index in [1.807, 2.05) is 19.1 Å². The van der Waals surface area contributed by atoms with Crippen molar-refractivity contribution in [3.8, 4) is 0 Å². The topological polar surface area (TPSA) is 68.3 Å². The average molecular weight is 363 g/mol. The van der Waals surface area contributed by atoms with E-state index in [1.165, 1.54) is 13.1 Å². The third-order valence-electron chi connectivity index (χ3n) is 2.91. The Balaban J connectivity index is 1.96. The number of rotatable bonds is 4. The smallest absolute Gasteiger partial charge is 0.340 e. The van der Waals surface area contributed by atoms with Crippen LogP contribution >= 0.6 is 15.9 Å². The van der Waals surface area contributed by atoms with Gasteiger partial charge in [-0.3, -0.25) is 9.78 Å². The lowest BCUT2D eigenvalue weighted by molar-refractivity contribution is -0.123. The zero-order valence-corrected chi connectivity index (χ0v) is 13.8. The maximum absolute atomic E-state index is 12.0. The fourth-order valence-electron chi connectivity index (χ4n) is 1.69. The van der Waals surface area contributed by atoms with Crippen molar-refractivity contribution in [1.29, 1.82) is 0 Å². The van der Waals surface area contributed by atoms with Gasteiger partial charge in [-0.15, -0.1) is 0 Å². The number of pyridine rings is 1. The summed E-state index contributed by atoms with van der Waals surface area (Å²) >= 11 is 3.23. The predicted octanol–water partition coefficient (Wildman–Crippen LogP) is 3.34. The van der Waals surface area contributed by atoms with Gasteiger partial charge in [0.2, 0.25) is 0 Å². The molecule has 114 valence electrons. The van der Waals surface area contributed by atoms with E-state index in [9.17, 15) is 9.59 Å². The van der Waals surface area contributed by atoms with Crippen LogP contribution < -0.4 is 5.32 Å². The predicted molar refractivity (Wildman–Crippen MR) is 86.6 cm³/mol. The van der Waals surface area contributed by atoms with Crippen LogP contribution in [-0.4, -0.2) is 23.0 Å². The number of nitrogens with one attached hydrogen (secondary N) is 1. The zero-order valence-electron chi connectivity index (χ0n) is 12.2. The Morgan fingerprint density at radius 2 is 1.91 bits per heavy atom. The molecule has 1 heterocycles. The van der Waals surface area contributed by atoms with Crippen molar-refractivity contribution in [3.63, 3.8) is 0 Å². The molecule has 0 aliphatic rings. The molecule has 5 nitrogen and oxygen atoms in total. The van der Waals surface area contributed by atoms with E-state index >= 15 is 0 Å². The van der Waals surface area contributed by atoms with Crippen LogP contribution in [0.1, 0.15) is 22.8 Å². The van der Waals surface area contributed by atoms with E-state index in [-0.39, 0.29) is 11.5 Å². The molecule has 1 N–H and O–H groups in total. The molecule has 0 aliphatic carbocycles. The summed E-state index contributed by atoms with van der Waals surface area (Å²) in [7, 11) is 0. The molecule has 0 aliphatic heterocycles. The van der Waals surface area contributed by atoms with Crippen LogP contribution in [0.25, 0.3) is 0 Å². The number of ether oxygens (including phenoxy) is 1. The quantitative estimate of drug-likeness (QED) is 0.846. The van der Waals surface area contributed by atoms with Gasteiger partial charge in [0.05, 0.1) is 5.56 Å². The molecule has 0 radical (unpaired) electrons. The summed E-state index contributed by atoms with van der Waals surface area (Å²) in [4.78, 5) is 27.8. The Bertz CT molecular complexity index is 686. The van der Waals surface area contributed by atoms with E-state index in [1.54, 1.807) is 24.4 Å². The van der Waals surface area contributed by atoms with Crippen molar-refractivity contribution in [2.24, 2.45) is 0 Å². The molecule has 6 heteroatoms. The molecule has 0 bridgehead atoms. The van der Waals surface area contributed by atoms with E-state index in [4.69, 9.17) is 4.74 Å². The third kappa shape index (κ3) is 4.39. The van der Waals surface area contributed by atoms with Gasteiger partial charge in [-0.25, -0.2) is 4.79 Å². The minimum Gasteiger partial charge on any atom is -0.449 e. The molecule has 1 unspecified atom stereocenters. The summed E-state index contributed by atoms with van der Waals surface area (Å²) in [6.07, 6.45) is 2.04. The highest BCUT2D eigenvalue weighted by Gasteiger charge is 2.19. The normalized spacial score (nSPS) is 11.6. The molecule has 0 spiro atoms. The number of halogens is 1. The molecule has 2 aromatic rings. The Hall–Kier alpha value is -2.21. The summed E-state index contributed by atoms with van der Waals surface area (Å²) in [6.45, 7) is 3.48. The van der Waals surface area contributed by atoms with Gasteiger partial charge in [0.1, 0.15) is 0 Å². The molecular formula is C16H15BrN2O3. The van der Waals surface area contributed by atoms with Gasteiger partial charge in [0.25, 0.3) is 5.91 Å². The van der Waals surface area contributed by atoms with Crippen molar-refractivity contribution in [1.82, 2.24) is 4.98 Å². The van der Waals surface area contributed by atoms with Gasteiger partial charge in [-0.1, -0.05) is 17.7 Å². The molecule has 0 fully saturated rings. The molecule has 2 rings (SSSR count). The summed E-state index contributed by atoms with van der Waals surface area (Å²) in [5, 5.41) is 2.70. The highest BCUT2D eigenvalue weighted by Crippen LogP contribution is 2.13. The highest BCUT2D eigenvalue weighted by molar-refractivity contribution is 9.10. The minimum atomic E-state index is -0.909. The number of carbonyl (C=O) groups excluding carboxylic acids is 2. The Morgan fingerprint density at radius 3 is 2.55 bits per heavy atom. The second-order valence-electron chi connectivity index (χ2n) is 4.79. The first-order valence-electron chi connectivity index (χ1n) is 6.65. The maximum Gasteiger partial charge on any atom is 0.340 e. The Morgan fingerprint density at radius 1 is 1.23 bits per heavy atom. The molecule has 0 saturated carbocycles. The summed E-state index contributed by atoms with van der Waals surface area (Å²) in [5.41, 5.74) is 2.03. The number of hydrogen-bond donors (Lipinski definition) is 1. The van der Waals surface area contributed by atoms with Crippen LogP contribution in [0.5, 0.6) is 0 Å².